The van der Waals surface area contributed by atoms with Crippen molar-refractivity contribution in [2.45, 2.75) is 65.3 Å². The molecule has 0 radical (unpaired) electrons. The van der Waals surface area contributed by atoms with Gasteiger partial charge in [0.05, 0.1) is 0 Å². The second-order valence-electron chi connectivity index (χ2n) is 7.32. The molecule has 3 rings (SSSR count). The lowest BCUT2D eigenvalue weighted by Gasteiger charge is -2.21. The Balaban J connectivity index is 1.74. The maximum atomic E-state index is 3.89. The van der Waals surface area contributed by atoms with Crippen LogP contribution in [0.2, 0.25) is 0 Å². The van der Waals surface area contributed by atoms with Crippen LogP contribution in [0, 0.1) is 31.6 Å². The zero-order valence-electron chi connectivity index (χ0n) is 14.0. The van der Waals surface area contributed by atoms with Crippen molar-refractivity contribution in [3.8, 4) is 0 Å². The molecule has 0 bridgehead atoms. The van der Waals surface area contributed by atoms with E-state index in [1.165, 1.54) is 56.2 Å². The highest BCUT2D eigenvalue weighted by Gasteiger charge is 2.53. The van der Waals surface area contributed by atoms with Crippen LogP contribution in [0.4, 0.5) is 0 Å². The molecule has 1 N–H and O–H groups in total. The van der Waals surface area contributed by atoms with Crippen molar-refractivity contribution in [3.05, 3.63) is 34.9 Å². The van der Waals surface area contributed by atoms with Gasteiger partial charge in [0.1, 0.15) is 0 Å². The van der Waals surface area contributed by atoms with Crippen LogP contribution in [-0.2, 0) is 6.42 Å². The summed E-state index contributed by atoms with van der Waals surface area (Å²) in [6.45, 7) is 8.01. The van der Waals surface area contributed by atoms with E-state index in [0.29, 0.717) is 6.04 Å². The van der Waals surface area contributed by atoms with Crippen LogP contribution in [0.3, 0.4) is 0 Å². The number of benzene rings is 1. The third-order valence-corrected chi connectivity index (χ3v) is 5.91. The molecule has 1 aromatic carbocycles. The molecular formula is C20H31N. The molecule has 2 aliphatic rings. The van der Waals surface area contributed by atoms with Gasteiger partial charge in [-0.2, -0.15) is 0 Å². The summed E-state index contributed by atoms with van der Waals surface area (Å²) in [5.74, 6) is 3.04. The quantitative estimate of drug-likeness (QED) is 0.802. The maximum Gasteiger partial charge on any atom is 0.0141 e. The standard InChI is InChI=1S/C20H31N/c1-4-12-21-19(20-16-10-5-6-11-17(16)20)13-18-14(2)8-7-9-15(18)3/h7-9,16-17,19-21H,4-6,10-13H2,1-3H3. The van der Waals surface area contributed by atoms with Gasteiger partial charge in [-0.05, 0) is 80.5 Å². The second-order valence-corrected chi connectivity index (χ2v) is 7.32. The molecule has 3 atom stereocenters. The summed E-state index contributed by atoms with van der Waals surface area (Å²) in [5.41, 5.74) is 4.54. The Morgan fingerprint density at radius 1 is 1.10 bits per heavy atom. The SMILES string of the molecule is CCCNC(Cc1c(C)cccc1C)C1C2CCCCC21. The fraction of sp³-hybridized carbons (Fsp3) is 0.700. The Labute approximate surface area is 130 Å². The van der Waals surface area contributed by atoms with Crippen molar-refractivity contribution in [2.75, 3.05) is 6.54 Å². The monoisotopic (exact) mass is 285 g/mol. The van der Waals surface area contributed by atoms with Gasteiger partial charge in [0.2, 0.25) is 0 Å². The lowest BCUT2D eigenvalue weighted by Crippen LogP contribution is -2.35. The predicted octanol–water partition coefficient (Wildman–Crippen LogP) is 4.65. The summed E-state index contributed by atoms with van der Waals surface area (Å²) in [4.78, 5) is 0. The first-order valence-corrected chi connectivity index (χ1v) is 9.00. The minimum absolute atomic E-state index is 0.706. The largest absolute Gasteiger partial charge is 0.313 e. The highest BCUT2D eigenvalue weighted by molar-refractivity contribution is 5.34. The molecule has 0 spiro atoms. The number of hydrogen-bond donors (Lipinski definition) is 1. The summed E-state index contributed by atoms with van der Waals surface area (Å²) in [6, 6.07) is 7.45. The van der Waals surface area contributed by atoms with Gasteiger partial charge < -0.3 is 5.32 Å². The Hall–Kier alpha value is -0.820. The molecule has 1 heteroatoms. The number of aryl methyl sites for hydroxylation is 2. The molecule has 3 unspecified atom stereocenters. The zero-order valence-corrected chi connectivity index (χ0v) is 14.0. The Morgan fingerprint density at radius 2 is 1.71 bits per heavy atom. The molecule has 0 saturated heterocycles. The van der Waals surface area contributed by atoms with E-state index in [9.17, 15) is 0 Å². The van der Waals surface area contributed by atoms with Crippen molar-refractivity contribution in [3.63, 3.8) is 0 Å². The van der Waals surface area contributed by atoms with Crippen molar-refractivity contribution in [1.29, 1.82) is 0 Å². The molecule has 116 valence electrons. The van der Waals surface area contributed by atoms with Crippen LogP contribution in [0.5, 0.6) is 0 Å². The van der Waals surface area contributed by atoms with Crippen molar-refractivity contribution in [2.24, 2.45) is 17.8 Å². The van der Waals surface area contributed by atoms with Gasteiger partial charge in [0.15, 0.2) is 0 Å². The summed E-state index contributed by atoms with van der Waals surface area (Å²) < 4.78 is 0. The molecular weight excluding hydrogens is 254 g/mol. The Morgan fingerprint density at radius 3 is 2.29 bits per heavy atom. The lowest BCUT2D eigenvalue weighted by atomic mass is 9.93. The average molecular weight is 285 g/mol. The van der Waals surface area contributed by atoms with E-state index in [1.54, 1.807) is 5.56 Å². The van der Waals surface area contributed by atoms with E-state index in [-0.39, 0.29) is 0 Å². The highest BCUT2D eigenvalue weighted by Crippen LogP contribution is 2.57. The molecule has 2 saturated carbocycles. The Bertz CT molecular complexity index is 446. The van der Waals surface area contributed by atoms with Gasteiger partial charge in [0, 0.05) is 6.04 Å². The first kappa shape index (κ1) is 15.1. The molecule has 1 aromatic rings. The first-order chi connectivity index (χ1) is 10.2. The van der Waals surface area contributed by atoms with Crippen LogP contribution >= 0.6 is 0 Å². The van der Waals surface area contributed by atoms with Gasteiger partial charge in [-0.3, -0.25) is 0 Å². The molecule has 1 nitrogen and oxygen atoms in total. The smallest absolute Gasteiger partial charge is 0.0141 e. The van der Waals surface area contributed by atoms with E-state index in [4.69, 9.17) is 0 Å². The number of rotatable bonds is 6. The number of nitrogens with one attached hydrogen (secondary N) is 1. The fourth-order valence-corrected chi connectivity index (χ4v) is 4.71. The summed E-state index contributed by atoms with van der Waals surface area (Å²) in [7, 11) is 0. The van der Waals surface area contributed by atoms with E-state index < -0.39 is 0 Å². The average Bonchev–Trinajstić information content (AvgIpc) is 3.21. The Kier molecular flexibility index (Phi) is 4.69. The van der Waals surface area contributed by atoms with Crippen molar-refractivity contribution in [1.82, 2.24) is 5.32 Å². The molecule has 0 amide bonds. The highest BCUT2D eigenvalue weighted by atomic mass is 14.9. The third-order valence-electron chi connectivity index (χ3n) is 5.91. The van der Waals surface area contributed by atoms with Gasteiger partial charge in [-0.15, -0.1) is 0 Å². The normalized spacial score (nSPS) is 29.0. The topological polar surface area (TPSA) is 12.0 Å². The molecule has 0 aliphatic heterocycles. The number of hydrogen-bond acceptors (Lipinski definition) is 1. The van der Waals surface area contributed by atoms with Crippen LogP contribution in [0.1, 0.15) is 55.7 Å². The van der Waals surface area contributed by atoms with Crippen LogP contribution in [-0.4, -0.2) is 12.6 Å². The third kappa shape index (κ3) is 3.18. The first-order valence-electron chi connectivity index (χ1n) is 9.00. The fourth-order valence-electron chi connectivity index (χ4n) is 4.71. The van der Waals surface area contributed by atoms with E-state index in [0.717, 1.165) is 17.8 Å². The van der Waals surface area contributed by atoms with Gasteiger partial charge in [0.25, 0.3) is 0 Å². The minimum atomic E-state index is 0.706. The molecule has 2 aliphatic carbocycles. The van der Waals surface area contributed by atoms with Crippen LogP contribution in [0.25, 0.3) is 0 Å². The van der Waals surface area contributed by atoms with E-state index in [2.05, 4.69) is 44.3 Å². The number of fused-ring (bicyclic) bond motifs is 1. The molecule has 2 fully saturated rings. The second kappa shape index (κ2) is 6.52. The van der Waals surface area contributed by atoms with Crippen LogP contribution in [0.15, 0.2) is 18.2 Å². The molecule has 21 heavy (non-hydrogen) atoms. The summed E-state index contributed by atoms with van der Waals surface area (Å²) in [6.07, 6.45) is 8.41. The van der Waals surface area contributed by atoms with Gasteiger partial charge >= 0.3 is 0 Å². The van der Waals surface area contributed by atoms with E-state index >= 15 is 0 Å². The maximum absolute atomic E-state index is 3.89. The lowest BCUT2D eigenvalue weighted by molar-refractivity contribution is 0.427. The summed E-state index contributed by atoms with van der Waals surface area (Å²) in [5, 5.41) is 3.89. The van der Waals surface area contributed by atoms with Crippen molar-refractivity contribution >= 4 is 0 Å². The molecule has 0 heterocycles. The zero-order chi connectivity index (χ0) is 14.8. The van der Waals surface area contributed by atoms with E-state index in [1.807, 2.05) is 0 Å². The van der Waals surface area contributed by atoms with Gasteiger partial charge in [-0.1, -0.05) is 38.0 Å². The van der Waals surface area contributed by atoms with Crippen LogP contribution < -0.4 is 5.32 Å². The molecule has 0 aromatic heterocycles. The van der Waals surface area contributed by atoms with Crippen molar-refractivity contribution < 1.29 is 0 Å². The predicted molar refractivity (Wildman–Crippen MR) is 90.6 cm³/mol. The van der Waals surface area contributed by atoms with Gasteiger partial charge in [-0.25, -0.2) is 0 Å². The minimum Gasteiger partial charge on any atom is -0.313 e. The summed E-state index contributed by atoms with van der Waals surface area (Å²) >= 11 is 0.